The number of nitrogens with one attached hydrogen (secondary N) is 1. The molecule has 1 atom stereocenters. The Bertz CT molecular complexity index is 675. The Morgan fingerprint density at radius 1 is 1.19 bits per heavy atom. The zero-order chi connectivity index (χ0) is 21.1. The van der Waals surface area contributed by atoms with Crippen LogP contribution in [0.4, 0.5) is 26.3 Å². The van der Waals surface area contributed by atoms with Crippen molar-refractivity contribution in [1.82, 2.24) is 5.32 Å². The lowest BCUT2D eigenvalue weighted by Gasteiger charge is -2.34. The van der Waals surface area contributed by atoms with Crippen LogP contribution < -0.4 is 5.32 Å². The second kappa shape index (κ2) is 7.79. The van der Waals surface area contributed by atoms with Gasteiger partial charge in [0, 0.05) is 6.04 Å². The Morgan fingerprint density at radius 2 is 1.65 bits per heavy atom. The quantitative estimate of drug-likeness (QED) is 0.206. The Balaban J connectivity index is 6.15. The second-order valence-corrected chi connectivity index (χ2v) is 6.42. The van der Waals surface area contributed by atoms with Crippen LogP contribution >= 0.6 is 0 Å². The Kier molecular flexibility index (Phi) is 7.23. The van der Waals surface area contributed by atoms with Crippen molar-refractivity contribution >= 4 is 22.0 Å². The first-order valence-electron chi connectivity index (χ1n) is 6.30. The number of halogens is 6. The molecule has 1 N–H and O–H groups in total. The van der Waals surface area contributed by atoms with Crippen LogP contribution in [0, 0.1) is 0 Å². The summed E-state index contributed by atoms with van der Waals surface area (Å²) in [5.41, 5.74) is 0. The molecule has 0 aromatic carbocycles. The number of alkyl halides is 5. The zero-order valence-electron chi connectivity index (χ0n) is 13.0. The zero-order valence-corrected chi connectivity index (χ0v) is 13.8. The van der Waals surface area contributed by atoms with Gasteiger partial charge in [0.15, 0.2) is 10.1 Å². The molecule has 0 rings (SSSR count). The normalized spacial score (nSPS) is 15.3. The summed E-state index contributed by atoms with van der Waals surface area (Å²) in [6.07, 6.45) is -6.08. The van der Waals surface area contributed by atoms with E-state index in [1.165, 1.54) is 5.32 Å². The minimum absolute atomic E-state index is 1.08. The standard InChI is InChI=1S/C11H13F6NO7S/c1-5(2)18-8(20)10(11(15,16)17,25-7(19)6(3)12)24-4-9(13,14)26(21,22)23/h5H,3-4H2,1-2H3,(H,18,20)(H,21,22,23)/p-1. The molecule has 0 heterocycles. The highest BCUT2D eigenvalue weighted by atomic mass is 32.2. The number of carbonyl (C=O) groups excluding carboxylic acids is 2. The van der Waals surface area contributed by atoms with Crippen molar-refractivity contribution in [2.45, 2.75) is 37.1 Å². The second-order valence-electron chi connectivity index (χ2n) is 4.92. The highest BCUT2D eigenvalue weighted by Crippen LogP contribution is 2.38. The van der Waals surface area contributed by atoms with Crippen LogP contribution in [0.2, 0.25) is 0 Å². The van der Waals surface area contributed by atoms with Crippen LogP contribution in [0.15, 0.2) is 12.4 Å². The topological polar surface area (TPSA) is 122 Å². The average molecular weight is 416 g/mol. The van der Waals surface area contributed by atoms with Crippen molar-refractivity contribution < 1.29 is 58.4 Å². The van der Waals surface area contributed by atoms with Crippen molar-refractivity contribution in [3.63, 3.8) is 0 Å². The number of esters is 1. The van der Waals surface area contributed by atoms with Crippen LogP contribution in [0.5, 0.6) is 0 Å². The van der Waals surface area contributed by atoms with Crippen LogP contribution in [0.3, 0.4) is 0 Å². The molecule has 0 aromatic heterocycles. The molecule has 8 nitrogen and oxygen atoms in total. The minimum atomic E-state index is -6.50. The van der Waals surface area contributed by atoms with Crippen molar-refractivity contribution in [1.29, 1.82) is 0 Å². The summed E-state index contributed by atoms with van der Waals surface area (Å²) in [7, 11) is -6.50. The molecule has 1 amide bonds. The van der Waals surface area contributed by atoms with Crippen LogP contribution in [-0.4, -0.2) is 54.7 Å². The van der Waals surface area contributed by atoms with Crippen LogP contribution in [-0.2, 0) is 29.2 Å². The van der Waals surface area contributed by atoms with Gasteiger partial charge in [-0.1, -0.05) is 6.58 Å². The number of ether oxygens (including phenoxy) is 2. The maximum Gasteiger partial charge on any atom is 0.466 e. The summed E-state index contributed by atoms with van der Waals surface area (Å²) in [6, 6.07) is -1.08. The van der Waals surface area contributed by atoms with Gasteiger partial charge in [-0.3, -0.25) is 4.79 Å². The Morgan fingerprint density at radius 3 is 1.96 bits per heavy atom. The molecule has 26 heavy (non-hydrogen) atoms. The Labute approximate surface area is 142 Å². The Hall–Kier alpha value is -1.87. The molecule has 0 radical (unpaired) electrons. The van der Waals surface area contributed by atoms with E-state index in [1.54, 1.807) is 0 Å². The summed E-state index contributed by atoms with van der Waals surface area (Å²) in [6.45, 7) is 1.71. The van der Waals surface area contributed by atoms with Gasteiger partial charge < -0.3 is 19.3 Å². The lowest BCUT2D eigenvalue weighted by Crippen LogP contribution is -2.63. The monoisotopic (exact) mass is 416 g/mol. The van der Waals surface area contributed by atoms with E-state index in [4.69, 9.17) is 0 Å². The van der Waals surface area contributed by atoms with Gasteiger partial charge in [0.1, 0.15) is 6.61 Å². The molecule has 0 aliphatic rings. The van der Waals surface area contributed by atoms with Gasteiger partial charge in [0.05, 0.1) is 0 Å². The molecule has 0 fully saturated rings. The third kappa shape index (κ3) is 5.57. The van der Waals surface area contributed by atoms with Crippen LogP contribution in [0.25, 0.3) is 0 Å². The predicted molar refractivity (Wildman–Crippen MR) is 69.0 cm³/mol. The number of rotatable bonds is 8. The highest BCUT2D eigenvalue weighted by molar-refractivity contribution is 7.86. The van der Waals surface area contributed by atoms with E-state index in [9.17, 15) is 48.9 Å². The van der Waals surface area contributed by atoms with E-state index in [0.29, 0.717) is 0 Å². The maximum atomic E-state index is 13.3. The van der Waals surface area contributed by atoms with E-state index in [0.717, 1.165) is 13.8 Å². The molecule has 0 aliphatic heterocycles. The van der Waals surface area contributed by atoms with Crippen molar-refractivity contribution in [2.24, 2.45) is 0 Å². The number of hydrogen-bond donors (Lipinski definition) is 1. The number of amides is 1. The average Bonchev–Trinajstić information content (AvgIpc) is 2.39. The SMILES string of the molecule is C=C(F)C(=O)OC(OCC(F)(F)S(=O)(=O)[O-])(C(=O)NC(C)C)C(F)(F)F. The van der Waals surface area contributed by atoms with Crippen molar-refractivity contribution in [2.75, 3.05) is 6.61 Å². The molecule has 0 saturated heterocycles. The summed E-state index contributed by atoms with van der Waals surface area (Å²) in [4.78, 5) is 22.9. The van der Waals surface area contributed by atoms with Gasteiger partial charge in [-0.2, -0.15) is 26.3 Å². The number of carbonyl (C=O) groups is 2. The summed E-state index contributed by atoms with van der Waals surface area (Å²) < 4.78 is 117. The fraction of sp³-hybridized carbons (Fsp3) is 0.636. The van der Waals surface area contributed by atoms with Gasteiger partial charge in [0.25, 0.3) is 0 Å². The molecule has 0 spiro atoms. The minimum Gasteiger partial charge on any atom is -0.743 e. The maximum absolute atomic E-state index is 13.3. The first-order valence-corrected chi connectivity index (χ1v) is 7.71. The number of hydrogen-bond acceptors (Lipinski definition) is 7. The molecular formula is C11H12F6NO7S-. The molecule has 0 aliphatic carbocycles. The molecule has 0 bridgehead atoms. The van der Waals surface area contributed by atoms with Crippen molar-refractivity contribution in [3.8, 4) is 0 Å². The highest BCUT2D eigenvalue weighted by Gasteiger charge is 2.67. The van der Waals surface area contributed by atoms with Gasteiger partial charge in [-0.05, 0) is 13.8 Å². The summed E-state index contributed by atoms with van der Waals surface area (Å²) >= 11 is 0. The molecule has 1 unspecified atom stereocenters. The largest absolute Gasteiger partial charge is 0.743 e. The van der Waals surface area contributed by atoms with E-state index in [1.807, 2.05) is 0 Å². The molecule has 152 valence electrons. The first-order chi connectivity index (χ1) is 11.4. The smallest absolute Gasteiger partial charge is 0.466 e. The van der Waals surface area contributed by atoms with E-state index in [2.05, 4.69) is 16.1 Å². The molecule has 15 heteroatoms. The van der Waals surface area contributed by atoms with E-state index >= 15 is 0 Å². The third-order valence-corrected chi connectivity index (χ3v) is 3.21. The lowest BCUT2D eigenvalue weighted by atomic mass is 10.2. The predicted octanol–water partition coefficient (Wildman–Crippen LogP) is 0.951. The van der Waals surface area contributed by atoms with E-state index in [-0.39, 0.29) is 0 Å². The third-order valence-electron chi connectivity index (χ3n) is 2.36. The van der Waals surface area contributed by atoms with Gasteiger partial charge >= 0.3 is 29.1 Å². The molecule has 0 saturated carbocycles. The molecular weight excluding hydrogens is 404 g/mol. The van der Waals surface area contributed by atoms with E-state index < -0.39 is 57.7 Å². The van der Waals surface area contributed by atoms with Crippen molar-refractivity contribution in [3.05, 3.63) is 12.4 Å². The van der Waals surface area contributed by atoms with Gasteiger partial charge in [-0.15, -0.1) is 0 Å². The van der Waals surface area contributed by atoms with Gasteiger partial charge in [-0.25, -0.2) is 13.2 Å². The van der Waals surface area contributed by atoms with Crippen LogP contribution in [0.1, 0.15) is 13.8 Å². The fourth-order valence-corrected chi connectivity index (χ4v) is 1.41. The fourth-order valence-electron chi connectivity index (χ4n) is 1.21. The first kappa shape index (κ1) is 24.1. The van der Waals surface area contributed by atoms with Gasteiger partial charge in [0.2, 0.25) is 5.83 Å². The lowest BCUT2D eigenvalue weighted by molar-refractivity contribution is -0.353. The molecule has 0 aromatic rings. The summed E-state index contributed by atoms with van der Waals surface area (Å²) in [5, 5.41) is -3.91. The summed E-state index contributed by atoms with van der Waals surface area (Å²) in [5.74, 6) is -11.9.